The van der Waals surface area contributed by atoms with Gasteiger partial charge in [0, 0.05) is 30.5 Å². The lowest BCUT2D eigenvalue weighted by Crippen LogP contribution is -2.18. The molecule has 0 saturated carbocycles. The highest BCUT2D eigenvalue weighted by Gasteiger charge is 2.10. The fraction of sp³-hybridized carbons (Fsp3) is 0.222. The van der Waals surface area contributed by atoms with E-state index in [2.05, 4.69) is 15.4 Å². The van der Waals surface area contributed by atoms with Crippen LogP contribution in [0.3, 0.4) is 0 Å². The van der Waals surface area contributed by atoms with Gasteiger partial charge in [-0.05, 0) is 37.6 Å². The lowest BCUT2D eigenvalue weighted by atomic mass is 10.1. The number of halogens is 1. The van der Waals surface area contributed by atoms with Crippen LogP contribution in [0.25, 0.3) is 5.69 Å². The van der Waals surface area contributed by atoms with Crippen molar-refractivity contribution in [1.29, 1.82) is 0 Å². The number of aromatic nitrogens is 3. The number of hydrogen-bond acceptors (Lipinski definition) is 3. The van der Waals surface area contributed by atoms with E-state index in [4.69, 9.17) is 0 Å². The molecule has 3 rings (SSSR count). The Morgan fingerprint density at radius 3 is 2.74 bits per heavy atom. The van der Waals surface area contributed by atoms with Gasteiger partial charge in [0.15, 0.2) is 0 Å². The van der Waals surface area contributed by atoms with E-state index in [0.717, 1.165) is 22.5 Å². The van der Waals surface area contributed by atoms with Crippen molar-refractivity contribution in [3.63, 3.8) is 0 Å². The molecule has 4 nitrogen and oxygen atoms in total. The Morgan fingerprint density at radius 2 is 2.00 bits per heavy atom. The molecule has 0 fully saturated rings. The molecule has 0 spiro atoms. The lowest BCUT2D eigenvalue weighted by molar-refractivity contribution is 0.560. The average Bonchev–Trinajstić information content (AvgIpc) is 2.94. The molecule has 0 aliphatic rings. The Morgan fingerprint density at radius 1 is 1.22 bits per heavy atom. The molecule has 118 valence electrons. The molecule has 0 saturated heterocycles. The molecule has 0 amide bonds. The van der Waals surface area contributed by atoms with E-state index in [1.807, 2.05) is 55.1 Å². The lowest BCUT2D eigenvalue weighted by Gasteiger charge is -2.13. The molecule has 2 heterocycles. The molecular weight excluding hydrogens is 291 g/mol. The summed E-state index contributed by atoms with van der Waals surface area (Å²) >= 11 is 0. The second-order valence-corrected chi connectivity index (χ2v) is 5.56. The van der Waals surface area contributed by atoms with Gasteiger partial charge in [0.05, 0.1) is 17.6 Å². The van der Waals surface area contributed by atoms with Gasteiger partial charge in [-0.3, -0.25) is 4.98 Å². The molecule has 1 aromatic carbocycles. The number of aryl methyl sites for hydroxylation is 1. The van der Waals surface area contributed by atoms with Crippen LogP contribution in [0.5, 0.6) is 0 Å². The number of benzene rings is 1. The van der Waals surface area contributed by atoms with Gasteiger partial charge in [-0.25, -0.2) is 9.07 Å². The van der Waals surface area contributed by atoms with Gasteiger partial charge >= 0.3 is 0 Å². The monoisotopic (exact) mass is 310 g/mol. The van der Waals surface area contributed by atoms with E-state index in [1.54, 1.807) is 6.20 Å². The fourth-order valence-corrected chi connectivity index (χ4v) is 2.43. The maximum Gasteiger partial charge on any atom is 0.141 e. The Bertz CT molecular complexity index is 783. The van der Waals surface area contributed by atoms with Gasteiger partial charge in [-0.2, -0.15) is 5.10 Å². The molecule has 1 atom stereocenters. The number of nitrogens with zero attached hydrogens (tertiary/aromatic N) is 3. The molecule has 23 heavy (non-hydrogen) atoms. The second kappa shape index (κ2) is 6.71. The smallest absolute Gasteiger partial charge is 0.141 e. The summed E-state index contributed by atoms with van der Waals surface area (Å²) in [6.45, 7) is 4.65. The summed E-state index contributed by atoms with van der Waals surface area (Å²) in [4.78, 5) is 3.89. The average molecular weight is 310 g/mol. The summed E-state index contributed by atoms with van der Waals surface area (Å²) < 4.78 is 15.1. The quantitative estimate of drug-likeness (QED) is 0.783. The van der Waals surface area contributed by atoms with E-state index in [1.165, 1.54) is 12.3 Å². The van der Waals surface area contributed by atoms with Gasteiger partial charge in [0.1, 0.15) is 5.82 Å². The number of pyridine rings is 1. The minimum absolute atomic E-state index is 0.0117. The zero-order chi connectivity index (χ0) is 16.2. The maximum absolute atomic E-state index is 13.2. The van der Waals surface area contributed by atoms with Crippen molar-refractivity contribution in [3.05, 3.63) is 77.6 Å². The third-order valence-electron chi connectivity index (χ3n) is 3.85. The van der Waals surface area contributed by atoms with Crippen molar-refractivity contribution >= 4 is 0 Å². The van der Waals surface area contributed by atoms with Crippen LogP contribution in [-0.2, 0) is 6.54 Å². The highest BCUT2D eigenvalue weighted by atomic mass is 19.1. The minimum atomic E-state index is -0.316. The SMILES string of the molecule is Cc1nn(-c2ccccc2)cc1CN[C@H](C)c1cncc(F)c1. The summed E-state index contributed by atoms with van der Waals surface area (Å²) in [5.74, 6) is -0.316. The first kappa shape index (κ1) is 15.4. The van der Waals surface area contributed by atoms with E-state index in [9.17, 15) is 4.39 Å². The summed E-state index contributed by atoms with van der Waals surface area (Å²) in [5, 5.41) is 7.94. The number of para-hydroxylation sites is 1. The van der Waals surface area contributed by atoms with E-state index < -0.39 is 0 Å². The Hall–Kier alpha value is -2.53. The zero-order valence-corrected chi connectivity index (χ0v) is 13.2. The highest BCUT2D eigenvalue weighted by Crippen LogP contribution is 2.15. The van der Waals surface area contributed by atoms with Crippen LogP contribution in [0.15, 0.2) is 55.0 Å². The second-order valence-electron chi connectivity index (χ2n) is 5.56. The van der Waals surface area contributed by atoms with Crippen LogP contribution in [0, 0.1) is 12.7 Å². The Balaban J connectivity index is 1.70. The van der Waals surface area contributed by atoms with Crippen LogP contribution in [0.2, 0.25) is 0 Å². The highest BCUT2D eigenvalue weighted by molar-refractivity contribution is 5.32. The molecular formula is C18H19FN4. The molecule has 0 aliphatic heterocycles. The zero-order valence-electron chi connectivity index (χ0n) is 13.2. The van der Waals surface area contributed by atoms with Crippen LogP contribution in [-0.4, -0.2) is 14.8 Å². The molecule has 0 aliphatic carbocycles. The third kappa shape index (κ3) is 3.63. The van der Waals surface area contributed by atoms with Crippen molar-refractivity contribution in [2.24, 2.45) is 0 Å². The number of hydrogen-bond donors (Lipinski definition) is 1. The van der Waals surface area contributed by atoms with Crippen LogP contribution < -0.4 is 5.32 Å². The van der Waals surface area contributed by atoms with E-state index in [-0.39, 0.29) is 11.9 Å². The summed E-state index contributed by atoms with van der Waals surface area (Å²) in [6, 6.07) is 11.5. The molecule has 0 radical (unpaired) electrons. The molecule has 0 unspecified atom stereocenters. The van der Waals surface area contributed by atoms with Crippen LogP contribution >= 0.6 is 0 Å². The van der Waals surface area contributed by atoms with Gasteiger partial charge in [-0.1, -0.05) is 18.2 Å². The van der Waals surface area contributed by atoms with Gasteiger partial charge < -0.3 is 5.32 Å². The van der Waals surface area contributed by atoms with Crippen molar-refractivity contribution in [2.45, 2.75) is 26.4 Å². The molecule has 5 heteroatoms. The first-order chi connectivity index (χ1) is 11.1. The van der Waals surface area contributed by atoms with Crippen LogP contribution in [0.1, 0.15) is 29.8 Å². The maximum atomic E-state index is 13.2. The van der Waals surface area contributed by atoms with Crippen molar-refractivity contribution in [2.75, 3.05) is 0 Å². The summed E-state index contributed by atoms with van der Waals surface area (Å²) in [7, 11) is 0. The van der Waals surface area contributed by atoms with Crippen molar-refractivity contribution in [1.82, 2.24) is 20.1 Å². The Kier molecular flexibility index (Phi) is 4.48. The topological polar surface area (TPSA) is 42.7 Å². The standard InChI is InChI=1S/C18H19FN4/c1-13(15-8-17(19)11-20-9-15)21-10-16-12-23(22-14(16)2)18-6-4-3-5-7-18/h3-9,11-13,21H,10H2,1-2H3/t13-/m1/s1. The number of nitrogens with one attached hydrogen (secondary N) is 1. The minimum Gasteiger partial charge on any atom is -0.306 e. The van der Waals surface area contributed by atoms with E-state index in [0.29, 0.717) is 6.54 Å². The van der Waals surface area contributed by atoms with Crippen LogP contribution in [0.4, 0.5) is 4.39 Å². The third-order valence-corrected chi connectivity index (χ3v) is 3.85. The molecule has 1 N–H and O–H groups in total. The van der Waals surface area contributed by atoms with Gasteiger partial charge in [0.2, 0.25) is 0 Å². The first-order valence-electron chi connectivity index (χ1n) is 7.58. The largest absolute Gasteiger partial charge is 0.306 e. The summed E-state index contributed by atoms with van der Waals surface area (Å²) in [5.41, 5.74) is 3.96. The predicted octanol–water partition coefficient (Wildman–Crippen LogP) is 3.57. The van der Waals surface area contributed by atoms with Crippen molar-refractivity contribution in [3.8, 4) is 5.69 Å². The fourth-order valence-electron chi connectivity index (χ4n) is 2.43. The molecule has 2 aromatic heterocycles. The molecule has 3 aromatic rings. The predicted molar refractivity (Wildman–Crippen MR) is 87.8 cm³/mol. The Labute approximate surface area is 135 Å². The van der Waals surface area contributed by atoms with Gasteiger partial charge in [-0.15, -0.1) is 0 Å². The van der Waals surface area contributed by atoms with Crippen molar-refractivity contribution < 1.29 is 4.39 Å². The van der Waals surface area contributed by atoms with Gasteiger partial charge in [0.25, 0.3) is 0 Å². The first-order valence-corrected chi connectivity index (χ1v) is 7.58. The molecule has 0 bridgehead atoms. The normalized spacial score (nSPS) is 12.3. The number of rotatable bonds is 5. The summed E-state index contributed by atoms with van der Waals surface area (Å²) in [6.07, 6.45) is 4.92. The van der Waals surface area contributed by atoms with E-state index >= 15 is 0 Å².